The molecule has 0 saturated carbocycles. The highest BCUT2D eigenvalue weighted by atomic mass is 79.9. The van der Waals surface area contributed by atoms with Crippen molar-refractivity contribution in [1.29, 1.82) is 0 Å². The van der Waals surface area contributed by atoms with Gasteiger partial charge in [-0.05, 0) is 31.9 Å². The summed E-state index contributed by atoms with van der Waals surface area (Å²) in [7, 11) is 0. The van der Waals surface area contributed by atoms with Crippen LogP contribution in [0.2, 0.25) is 0 Å². The first-order valence-electron chi connectivity index (χ1n) is 5.56. The number of hydrogen-bond donors (Lipinski definition) is 3. The van der Waals surface area contributed by atoms with E-state index >= 15 is 0 Å². The predicted molar refractivity (Wildman–Crippen MR) is 74.0 cm³/mol. The van der Waals surface area contributed by atoms with Crippen molar-refractivity contribution < 1.29 is 29.7 Å². The number of halogens is 2. The van der Waals surface area contributed by atoms with Crippen LogP contribution in [0, 0.1) is 0 Å². The normalized spacial score (nSPS) is 25.0. The minimum Gasteiger partial charge on any atom is -0.480 e. The van der Waals surface area contributed by atoms with Gasteiger partial charge in [0.15, 0.2) is 5.54 Å². The summed E-state index contributed by atoms with van der Waals surface area (Å²) in [5.41, 5.74) is -1.79. The molecule has 1 saturated heterocycles. The van der Waals surface area contributed by atoms with Crippen LogP contribution in [0.25, 0.3) is 0 Å². The van der Waals surface area contributed by atoms with Crippen LogP contribution >= 0.6 is 31.9 Å². The molecular weight excluding hydrogens is 418 g/mol. The van der Waals surface area contributed by atoms with Gasteiger partial charge in [-0.2, -0.15) is 5.10 Å². The van der Waals surface area contributed by atoms with E-state index in [9.17, 15) is 19.5 Å². The molecule has 1 aromatic rings. The van der Waals surface area contributed by atoms with Crippen LogP contribution in [-0.4, -0.2) is 60.6 Å². The molecule has 21 heavy (non-hydrogen) atoms. The Kier molecular flexibility index (Phi) is 3.97. The van der Waals surface area contributed by atoms with E-state index in [4.69, 9.17) is 10.2 Å². The number of rotatable bonds is 3. The molecule has 1 aliphatic heterocycles. The van der Waals surface area contributed by atoms with E-state index in [-0.39, 0.29) is 0 Å². The second-order valence-electron chi connectivity index (χ2n) is 4.51. The Labute approximate surface area is 134 Å². The standard InChI is InChI=1S/C10H9Br2N3O6/c11-5-1-6(12)15(13-5)10(8(18)19)2-4(7(16)17)14(3-10)9(20)21/h1,4H,2-3H2,(H,16,17)(H,18,19)(H,20,21)/t4-,10?/m0/s1. The number of likely N-dealkylation sites (tertiary alicyclic amines) is 1. The third kappa shape index (κ3) is 2.50. The van der Waals surface area contributed by atoms with Gasteiger partial charge in [-0.3, -0.25) is 4.90 Å². The Balaban J connectivity index is 2.55. The van der Waals surface area contributed by atoms with Crippen LogP contribution in [-0.2, 0) is 15.1 Å². The van der Waals surface area contributed by atoms with Gasteiger partial charge in [0.25, 0.3) is 0 Å². The highest BCUT2D eigenvalue weighted by Gasteiger charge is 2.56. The summed E-state index contributed by atoms with van der Waals surface area (Å²) in [6, 6.07) is 0.0395. The highest BCUT2D eigenvalue weighted by molar-refractivity contribution is 9.11. The molecule has 1 unspecified atom stereocenters. The zero-order valence-electron chi connectivity index (χ0n) is 10.2. The number of nitrogens with zero attached hydrogens (tertiary/aromatic N) is 3. The Morgan fingerprint density at radius 3 is 2.24 bits per heavy atom. The molecule has 3 N–H and O–H groups in total. The fraction of sp³-hybridized carbons (Fsp3) is 0.400. The lowest BCUT2D eigenvalue weighted by atomic mass is 9.96. The quantitative estimate of drug-likeness (QED) is 0.657. The average molecular weight is 427 g/mol. The largest absolute Gasteiger partial charge is 0.480 e. The number of carboxylic acids is 2. The van der Waals surface area contributed by atoms with Crippen LogP contribution in [0.5, 0.6) is 0 Å². The Morgan fingerprint density at radius 1 is 1.29 bits per heavy atom. The molecule has 11 heteroatoms. The molecule has 2 heterocycles. The maximum atomic E-state index is 11.7. The average Bonchev–Trinajstić information content (AvgIpc) is 2.91. The maximum Gasteiger partial charge on any atom is 0.408 e. The predicted octanol–water partition coefficient (Wildman–Crippen LogP) is 1.02. The van der Waals surface area contributed by atoms with Gasteiger partial charge in [-0.25, -0.2) is 19.1 Å². The van der Waals surface area contributed by atoms with Gasteiger partial charge >= 0.3 is 18.0 Å². The topological polar surface area (TPSA) is 133 Å². The molecule has 2 atom stereocenters. The van der Waals surface area contributed by atoms with Crippen LogP contribution in [0.15, 0.2) is 15.3 Å². The zero-order chi connectivity index (χ0) is 15.9. The first-order valence-corrected chi connectivity index (χ1v) is 7.15. The summed E-state index contributed by atoms with van der Waals surface area (Å²) in [5.74, 6) is -2.75. The molecule has 1 aromatic heterocycles. The first kappa shape index (κ1) is 15.8. The van der Waals surface area contributed by atoms with Crippen LogP contribution in [0.1, 0.15) is 6.42 Å². The van der Waals surface area contributed by atoms with Gasteiger partial charge in [-0.1, -0.05) is 0 Å². The number of carbonyl (C=O) groups is 3. The van der Waals surface area contributed by atoms with Crippen molar-refractivity contribution in [3.8, 4) is 0 Å². The number of aromatic nitrogens is 2. The molecule has 0 aliphatic carbocycles. The molecule has 1 fully saturated rings. The molecule has 0 spiro atoms. The minimum absolute atomic E-state index is 0.299. The first-order chi connectivity index (χ1) is 9.69. The Morgan fingerprint density at radius 2 is 1.90 bits per heavy atom. The van der Waals surface area contributed by atoms with Crippen LogP contribution in [0.4, 0.5) is 4.79 Å². The molecule has 0 radical (unpaired) electrons. The summed E-state index contributed by atoms with van der Waals surface area (Å²) < 4.78 is 1.72. The summed E-state index contributed by atoms with van der Waals surface area (Å²) >= 11 is 6.23. The zero-order valence-corrected chi connectivity index (χ0v) is 13.4. The fourth-order valence-electron chi connectivity index (χ4n) is 2.34. The molecule has 1 aliphatic rings. The van der Waals surface area contributed by atoms with Gasteiger partial charge in [0.1, 0.15) is 15.2 Å². The van der Waals surface area contributed by atoms with Crippen LogP contribution < -0.4 is 0 Å². The van der Waals surface area contributed by atoms with E-state index in [1.54, 1.807) is 0 Å². The van der Waals surface area contributed by atoms with E-state index in [0.29, 0.717) is 14.1 Å². The van der Waals surface area contributed by atoms with Crippen molar-refractivity contribution in [3.05, 3.63) is 15.3 Å². The number of carboxylic acid groups (broad SMARTS) is 3. The van der Waals surface area contributed by atoms with Gasteiger partial charge < -0.3 is 15.3 Å². The van der Waals surface area contributed by atoms with Gasteiger partial charge in [0.05, 0.1) is 6.54 Å². The minimum atomic E-state index is -1.79. The second kappa shape index (κ2) is 5.30. The van der Waals surface area contributed by atoms with E-state index in [1.165, 1.54) is 6.07 Å². The SMILES string of the molecule is O=C(O)[C@@H]1CC(C(=O)O)(n2nc(Br)cc2Br)CN1C(=O)O. The van der Waals surface area contributed by atoms with Gasteiger partial charge in [0, 0.05) is 12.5 Å². The highest BCUT2D eigenvalue weighted by Crippen LogP contribution is 2.37. The molecule has 114 valence electrons. The summed E-state index contributed by atoms with van der Waals surface area (Å²) in [6.45, 7) is -0.513. The lowest BCUT2D eigenvalue weighted by Gasteiger charge is -2.25. The smallest absolute Gasteiger partial charge is 0.408 e. The monoisotopic (exact) mass is 425 g/mol. The molecule has 2 rings (SSSR count). The fourth-order valence-corrected chi connectivity index (χ4v) is 3.66. The second-order valence-corrected chi connectivity index (χ2v) is 6.13. The molecule has 1 amide bonds. The van der Waals surface area contributed by atoms with Gasteiger partial charge in [-0.15, -0.1) is 0 Å². The van der Waals surface area contributed by atoms with Crippen LogP contribution in [0.3, 0.4) is 0 Å². The third-order valence-electron chi connectivity index (χ3n) is 3.31. The molecular formula is C10H9Br2N3O6. The van der Waals surface area contributed by atoms with Crippen molar-refractivity contribution in [3.63, 3.8) is 0 Å². The van der Waals surface area contributed by atoms with Gasteiger partial charge in [0.2, 0.25) is 0 Å². The Hall–Kier alpha value is -1.62. The molecule has 0 aromatic carbocycles. The van der Waals surface area contributed by atoms with E-state index in [1.807, 2.05) is 0 Å². The number of amides is 1. The van der Waals surface area contributed by atoms with Crippen molar-refractivity contribution in [2.24, 2.45) is 0 Å². The van der Waals surface area contributed by atoms with Crippen molar-refractivity contribution in [1.82, 2.24) is 14.7 Å². The number of aliphatic carboxylic acids is 2. The Bertz CT molecular complexity index is 608. The van der Waals surface area contributed by atoms with E-state index in [0.717, 1.165) is 4.68 Å². The van der Waals surface area contributed by atoms with E-state index < -0.39 is 42.6 Å². The van der Waals surface area contributed by atoms with Crippen molar-refractivity contribution >= 4 is 49.9 Å². The molecule has 0 bridgehead atoms. The van der Waals surface area contributed by atoms with E-state index in [2.05, 4.69) is 37.0 Å². The lowest BCUT2D eigenvalue weighted by molar-refractivity contribution is -0.147. The van der Waals surface area contributed by atoms with Crippen molar-refractivity contribution in [2.75, 3.05) is 6.54 Å². The lowest BCUT2D eigenvalue weighted by Crippen LogP contribution is -2.46. The number of hydrogen-bond acceptors (Lipinski definition) is 4. The third-order valence-corrected chi connectivity index (χ3v) is 4.26. The summed E-state index contributed by atoms with van der Waals surface area (Å²) in [5, 5.41) is 31.7. The van der Waals surface area contributed by atoms with Crippen molar-refractivity contribution in [2.45, 2.75) is 18.0 Å². The maximum absolute atomic E-state index is 11.7. The summed E-state index contributed by atoms with van der Waals surface area (Å²) in [4.78, 5) is 34.7. The molecule has 9 nitrogen and oxygen atoms in total. The summed E-state index contributed by atoms with van der Waals surface area (Å²) in [6.07, 6.45) is -1.91.